The summed E-state index contributed by atoms with van der Waals surface area (Å²) < 4.78 is 12.0. The van der Waals surface area contributed by atoms with Gasteiger partial charge in [-0.05, 0) is 68.6 Å². The Balaban J connectivity index is 1.80. The van der Waals surface area contributed by atoms with Crippen molar-refractivity contribution in [3.8, 4) is 11.5 Å². The normalized spacial score (nSPS) is 29.6. The first kappa shape index (κ1) is 24.8. The first-order valence-electron chi connectivity index (χ1n) is 12.0. The molecule has 1 saturated carbocycles. The minimum Gasteiger partial charge on any atom is -0.493 e. The number of amides is 1. The summed E-state index contributed by atoms with van der Waals surface area (Å²) in [6.07, 6.45) is 3.98. The number of nitrogens with zero attached hydrogens (tertiary/aromatic N) is 1. The summed E-state index contributed by atoms with van der Waals surface area (Å²) in [4.78, 5) is 13.9. The number of rotatable bonds is 6. The molecule has 6 heteroatoms. The number of carbonyl (C=O) groups is 1. The molecule has 0 bridgehead atoms. The number of aliphatic hydroxyl groups excluding tert-OH is 2. The van der Waals surface area contributed by atoms with Crippen LogP contribution in [0.1, 0.15) is 71.8 Å². The molecular formula is C26H41NO5. The largest absolute Gasteiger partial charge is 0.493 e. The predicted octanol–water partition coefficient (Wildman–Crippen LogP) is 3.98. The summed E-state index contributed by atoms with van der Waals surface area (Å²) >= 11 is 0. The van der Waals surface area contributed by atoms with Crippen molar-refractivity contribution in [3.63, 3.8) is 0 Å². The third-order valence-corrected chi connectivity index (χ3v) is 7.73. The standard InChI is InChI=1S/C26H41NO5/c1-16-25(17(2)29)21(14-27(16)24(30)15-28)18-7-12-22(31-6)23(13-18)32-20-10-8-19(9-11-20)26(3,4)5/h7,12-13,16-17,19-21,25,28-29H,8-11,14-15H2,1-6H3/t16?,17-,19?,20?,21-,25+/m1/s1. The maximum atomic E-state index is 12.2. The molecule has 1 aliphatic heterocycles. The Labute approximate surface area is 192 Å². The van der Waals surface area contributed by atoms with Crippen LogP contribution in [0.2, 0.25) is 0 Å². The average Bonchev–Trinajstić information content (AvgIpc) is 3.10. The topological polar surface area (TPSA) is 79.2 Å². The Morgan fingerprint density at radius 2 is 1.84 bits per heavy atom. The minimum absolute atomic E-state index is 0.0367. The molecule has 2 fully saturated rings. The van der Waals surface area contributed by atoms with E-state index in [0.29, 0.717) is 17.7 Å². The molecule has 180 valence electrons. The number of ether oxygens (including phenoxy) is 2. The van der Waals surface area contributed by atoms with E-state index in [1.54, 1.807) is 18.9 Å². The fraction of sp³-hybridized carbons (Fsp3) is 0.731. The fourth-order valence-electron chi connectivity index (χ4n) is 5.77. The van der Waals surface area contributed by atoms with Gasteiger partial charge in [0.1, 0.15) is 6.61 Å². The van der Waals surface area contributed by atoms with Gasteiger partial charge < -0.3 is 24.6 Å². The first-order chi connectivity index (χ1) is 15.1. The summed E-state index contributed by atoms with van der Waals surface area (Å²) in [6, 6.07) is 5.79. The van der Waals surface area contributed by atoms with Crippen LogP contribution in [0.25, 0.3) is 0 Å². The molecule has 1 amide bonds. The molecule has 1 aromatic rings. The van der Waals surface area contributed by atoms with Crippen molar-refractivity contribution in [1.29, 1.82) is 0 Å². The molecule has 32 heavy (non-hydrogen) atoms. The van der Waals surface area contributed by atoms with Gasteiger partial charge in [-0.1, -0.05) is 26.8 Å². The molecule has 6 nitrogen and oxygen atoms in total. The molecule has 1 aliphatic carbocycles. The number of hydrogen-bond acceptors (Lipinski definition) is 5. The van der Waals surface area contributed by atoms with Crippen LogP contribution in [0.3, 0.4) is 0 Å². The van der Waals surface area contributed by atoms with Crippen molar-refractivity contribution in [1.82, 2.24) is 4.90 Å². The van der Waals surface area contributed by atoms with Crippen LogP contribution >= 0.6 is 0 Å². The molecule has 0 aromatic heterocycles. The lowest BCUT2D eigenvalue weighted by atomic mass is 9.72. The Morgan fingerprint density at radius 1 is 1.19 bits per heavy atom. The van der Waals surface area contributed by atoms with Crippen molar-refractivity contribution in [3.05, 3.63) is 23.8 Å². The zero-order valence-corrected chi connectivity index (χ0v) is 20.5. The maximum Gasteiger partial charge on any atom is 0.248 e. The van der Waals surface area contributed by atoms with Gasteiger partial charge in [0.15, 0.2) is 11.5 Å². The van der Waals surface area contributed by atoms with Crippen LogP contribution < -0.4 is 9.47 Å². The summed E-state index contributed by atoms with van der Waals surface area (Å²) in [6.45, 7) is 10.6. The van der Waals surface area contributed by atoms with Gasteiger partial charge in [0.2, 0.25) is 5.91 Å². The van der Waals surface area contributed by atoms with Gasteiger partial charge >= 0.3 is 0 Å². The second kappa shape index (κ2) is 10.0. The van der Waals surface area contributed by atoms with E-state index in [9.17, 15) is 15.0 Å². The molecule has 4 atom stereocenters. The van der Waals surface area contributed by atoms with E-state index in [-0.39, 0.29) is 29.9 Å². The zero-order valence-electron chi connectivity index (χ0n) is 20.5. The van der Waals surface area contributed by atoms with Crippen molar-refractivity contribution in [2.75, 3.05) is 20.3 Å². The number of carbonyl (C=O) groups excluding carboxylic acids is 1. The molecule has 2 N–H and O–H groups in total. The second-order valence-electron chi connectivity index (χ2n) is 10.7. The minimum atomic E-state index is -0.578. The molecule has 0 spiro atoms. The fourth-order valence-corrected chi connectivity index (χ4v) is 5.77. The monoisotopic (exact) mass is 447 g/mol. The van der Waals surface area contributed by atoms with E-state index in [0.717, 1.165) is 30.1 Å². The van der Waals surface area contributed by atoms with Crippen molar-refractivity contribution < 1.29 is 24.5 Å². The maximum absolute atomic E-state index is 12.2. The van der Waals surface area contributed by atoms with Crippen LogP contribution in [0.15, 0.2) is 18.2 Å². The number of benzene rings is 1. The molecule has 2 aliphatic rings. The van der Waals surface area contributed by atoms with E-state index in [2.05, 4.69) is 20.8 Å². The predicted molar refractivity (Wildman–Crippen MR) is 125 cm³/mol. The third kappa shape index (κ3) is 5.23. The number of methoxy groups -OCH3 is 1. The number of aliphatic hydroxyl groups is 2. The van der Waals surface area contributed by atoms with E-state index in [1.807, 2.05) is 25.1 Å². The molecule has 0 radical (unpaired) electrons. The van der Waals surface area contributed by atoms with Gasteiger partial charge in [-0.25, -0.2) is 0 Å². The van der Waals surface area contributed by atoms with Gasteiger partial charge in [0, 0.05) is 24.4 Å². The van der Waals surface area contributed by atoms with Crippen molar-refractivity contribution in [2.24, 2.45) is 17.3 Å². The quantitative estimate of drug-likeness (QED) is 0.690. The molecule has 1 aromatic carbocycles. The van der Waals surface area contributed by atoms with Crippen LogP contribution in [-0.4, -0.2) is 59.5 Å². The SMILES string of the molecule is COc1ccc([C@H]2CN(C(=O)CO)C(C)[C@H]2[C@@H](C)O)cc1OC1CCC(C(C)(C)C)CC1. The van der Waals surface area contributed by atoms with Gasteiger partial charge in [-0.3, -0.25) is 4.79 Å². The summed E-state index contributed by atoms with van der Waals surface area (Å²) in [7, 11) is 1.65. The average molecular weight is 448 g/mol. The lowest BCUT2D eigenvalue weighted by molar-refractivity contribution is -0.135. The van der Waals surface area contributed by atoms with Crippen molar-refractivity contribution in [2.45, 2.75) is 84.5 Å². The van der Waals surface area contributed by atoms with Gasteiger partial charge in [0.25, 0.3) is 0 Å². The lowest BCUT2D eigenvalue weighted by Gasteiger charge is -2.37. The summed E-state index contributed by atoms with van der Waals surface area (Å²) in [5, 5.41) is 19.9. The van der Waals surface area contributed by atoms with E-state index >= 15 is 0 Å². The lowest BCUT2D eigenvalue weighted by Crippen LogP contribution is -2.39. The number of hydrogen-bond donors (Lipinski definition) is 2. The molecule has 1 heterocycles. The Hall–Kier alpha value is -1.79. The third-order valence-electron chi connectivity index (χ3n) is 7.73. The molecule has 3 rings (SSSR count). The smallest absolute Gasteiger partial charge is 0.248 e. The first-order valence-corrected chi connectivity index (χ1v) is 12.0. The summed E-state index contributed by atoms with van der Waals surface area (Å²) in [5.41, 5.74) is 1.35. The number of likely N-dealkylation sites (tertiary alicyclic amines) is 1. The van der Waals surface area contributed by atoms with Gasteiger partial charge in [-0.15, -0.1) is 0 Å². The van der Waals surface area contributed by atoms with E-state index < -0.39 is 12.7 Å². The van der Waals surface area contributed by atoms with Crippen LogP contribution in [0.4, 0.5) is 0 Å². The highest BCUT2D eigenvalue weighted by molar-refractivity contribution is 5.78. The van der Waals surface area contributed by atoms with Crippen molar-refractivity contribution >= 4 is 5.91 Å². The van der Waals surface area contributed by atoms with E-state index in [1.165, 1.54) is 12.8 Å². The second-order valence-corrected chi connectivity index (χ2v) is 10.7. The van der Waals surface area contributed by atoms with E-state index in [4.69, 9.17) is 9.47 Å². The van der Waals surface area contributed by atoms with Crippen LogP contribution in [-0.2, 0) is 4.79 Å². The molecule has 1 unspecified atom stereocenters. The summed E-state index contributed by atoms with van der Waals surface area (Å²) in [5.74, 6) is 1.70. The Morgan fingerprint density at radius 3 is 2.38 bits per heavy atom. The van der Waals surface area contributed by atoms with Crippen LogP contribution in [0.5, 0.6) is 11.5 Å². The molecular weight excluding hydrogens is 406 g/mol. The zero-order chi connectivity index (χ0) is 23.6. The highest BCUT2D eigenvalue weighted by atomic mass is 16.5. The Kier molecular flexibility index (Phi) is 7.77. The van der Waals surface area contributed by atoms with Gasteiger partial charge in [0.05, 0.1) is 19.3 Å². The Bertz CT molecular complexity index is 779. The molecule has 1 saturated heterocycles. The van der Waals surface area contributed by atoms with Gasteiger partial charge in [-0.2, -0.15) is 0 Å². The highest BCUT2D eigenvalue weighted by Crippen LogP contribution is 2.43. The van der Waals surface area contributed by atoms with Crippen LogP contribution in [0, 0.1) is 17.3 Å². The highest BCUT2D eigenvalue weighted by Gasteiger charge is 2.44.